The second-order valence-corrected chi connectivity index (χ2v) is 6.93. The van der Waals surface area contributed by atoms with Crippen molar-refractivity contribution >= 4 is 17.4 Å². The van der Waals surface area contributed by atoms with Gasteiger partial charge in [-0.15, -0.1) is 11.6 Å². The van der Waals surface area contributed by atoms with Crippen LogP contribution in [0.25, 0.3) is 0 Å². The summed E-state index contributed by atoms with van der Waals surface area (Å²) in [5, 5.41) is 0. The number of aryl methyl sites for hydroxylation is 2. The third kappa shape index (κ3) is 3.26. The molecule has 1 fully saturated rings. The van der Waals surface area contributed by atoms with Gasteiger partial charge < -0.3 is 4.90 Å². The van der Waals surface area contributed by atoms with E-state index < -0.39 is 0 Å². The van der Waals surface area contributed by atoms with Gasteiger partial charge in [0, 0.05) is 43.0 Å². The quantitative estimate of drug-likeness (QED) is 0.780. The minimum atomic E-state index is 0.247. The van der Waals surface area contributed by atoms with E-state index in [1.807, 2.05) is 0 Å². The van der Waals surface area contributed by atoms with E-state index in [0.29, 0.717) is 5.88 Å². The van der Waals surface area contributed by atoms with Gasteiger partial charge in [-0.1, -0.05) is 0 Å². The third-order valence-electron chi connectivity index (χ3n) is 4.12. The normalized spacial score (nSPS) is 17.6. The largest absolute Gasteiger partial charge is 0.354 e. The lowest BCUT2D eigenvalue weighted by Gasteiger charge is -2.43. The van der Waals surface area contributed by atoms with E-state index in [1.165, 1.54) is 11.1 Å². The molecule has 2 heterocycles. The summed E-state index contributed by atoms with van der Waals surface area (Å²) in [6.07, 6.45) is 0. The van der Waals surface area contributed by atoms with E-state index in [0.717, 1.165) is 37.7 Å². The minimum absolute atomic E-state index is 0.247. The predicted molar refractivity (Wildman–Crippen MR) is 86.8 cm³/mol. The lowest BCUT2D eigenvalue weighted by molar-refractivity contribution is 0.128. The van der Waals surface area contributed by atoms with Crippen LogP contribution in [0, 0.1) is 13.8 Å². The molecular formula is C16H26ClN3. The standard InChI is InChI=1S/C16H26ClN3/c1-12-10-13(2)18-15(14(12)11-17)19-6-8-20(9-7-19)16(3,4)5/h10H,6-9,11H2,1-5H3. The number of nitrogens with zero attached hydrogens (tertiary/aromatic N) is 3. The summed E-state index contributed by atoms with van der Waals surface area (Å²) in [5.74, 6) is 1.62. The molecule has 0 N–H and O–H groups in total. The molecule has 1 aromatic heterocycles. The number of alkyl halides is 1. The van der Waals surface area contributed by atoms with Gasteiger partial charge in [-0.25, -0.2) is 4.98 Å². The maximum Gasteiger partial charge on any atom is 0.133 e. The number of aromatic nitrogens is 1. The Morgan fingerprint density at radius 2 is 1.75 bits per heavy atom. The first-order valence-electron chi connectivity index (χ1n) is 7.36. The highest BCUT2D eigenvalue weighted by Gasteiger charge is 2.27. The third-order valence-corrected chi connectivity index (χ3v) is 4.38. The van der Waals surface area contributed by atoms with E-state index in [4.69, 9.17) is 16.6 Å². The van der Waals surface area contributed by atoms with E-state index in [1.54, 1.807) is 0 Å². The van der Waals surface area contributed by atoms with Crippen molar-refractivity contribution in [3.8, 4) is 0 Å². The fourth-order valence-corrected chi connectivity index (χ4v) is 3.19. The zero-order chi connectivity index (χ0) is 14.9. The van der Waals surface area contributed by atoms with E-state index in [9.17, 15) is 0 Å². The van der Waals surface area contributed by atoms with Gasteiger partial charge in [-0.2, -0.15) is 0 Å². The molecule has 0 aromatic carbocycles. The molecule has 1 aromatic rings. The fourth-order valence-electron chi connectivity index (χ4n) is 2.86. The Balaban J connectivity index is 2.19. The summed E-state index contributed by atoms with van der Waals surface area (Å²) in [6, 6.07) is 2.12. The number of hydrogen-bond donors (Lipinski definition) is 0. The van der Waals surface area contributed by atoms with Gasteiger partial charge in [0.2, 0.25) is 0 Å². The van der Waals surface area contributed by atoms with Crippen LogP contribution in [0.15, 0.2) is 6.07 Å². The molecule has 20 heavy (non-hydrogen) atoms. The Morgan fingerprint density at radius 1 is 1.15 bits per heavy atom. The molecule has 0 radical (unpaired) electrons. The van der Waals surface area contributed by atoms with Crippen molar-refractivity contribution in [3.05, 3.63) is 22.9 Å². The summed E-state index contributed by atoms with van der Waals surface area (Å²) in [6.45, 7) is 15.2. The number of piperazine rings is 1. The Labute approximate surface area is 127 Å². The zero-order valence-electron chi connectivity index (χ0n) is 13.3. The lowest BCUT2D eigenvalue weighted by Crippen LogP contribution is -2.53. The first-order chi connectivity index (χ1) is 9.32. The molecule has 4 heteroatoms. The smallest absolute Gasteiger partial charge is 0.133 e. The van der Waals surface area contributed by atoms with Gasteiger partial charge in [0.25, 0.3) is 0 Å². The molecule has 0 aliphatic carbocycles. The van der Waals surface area contributed by atoms with Gasteiger partial charge in [0.1, 0.15) is 5.82 Å². The molecule has 2 rings (SSSR count). The average molecular weight is 296 g/mol. The fraction of sp³-hybridized carbons (Fsp3) is 0.688. The molecule has 1 aliphatic heterocycles. The highest BCUT2D eigenvalue weighted by molar-refractivity contribution is 6.17. The molecule has 3 nitrogen and oxygen atoms in total. The number of rotatable bonds is 2. The highest BCUT2D eigenvalue weighted by Crippen LogP contribution is 2.26. The van der Waals surface area contributed by atoms with Crippen molar-refractivity contribution in [1.29, 1.82) is 0 Å². The molecule has 0 amide bonds. The van der Waals surface area contributed by atoms with Crippen molar-refractivity contribution in [2.75, 3.05) is 31.1 Å². The molecule has 112 valence electrons. The van der Waals surface area contributed by atoms with Gasteiger partial charge in [-0.05, 0) is 46.2 Å². The van der Waals surface area contributed by atoms with Crippen LogP contribution >= 0.6 is 11.6 Å². The Morgan fingerprint density at radius 3 is 2.25 bits per heavy atom. The summed E-state index contributed by atoms with van der Waals surface area (Å²) in [7, 11) is 0. The number of pyridine rings is 1. The molecule has 0 bridgehead atoms. The van der Waals surface area contributed by atoms with Crippen LogP contribution in [-0.4, -0.2) is 41.6 Å². The molecular weight excluding hydrogens is 270 g/mol. The highest BCUT2D eigenvalue weighted by atomic mass is 35.5. The second kappa shape index (κ2) is 5.90. The molecule has 0 saturated carbocycles. The number of anilines is 1. The lowest BCUT2D eigenvalue weighted by atomic mass is 10.0. The van der Waals surface area contributed by atoms with Crippen LogP contribution < -0.4 is 4.90 Å². The summed E-state index contributed by atoms with van der Waals surface area (Å²) in [4.78, 5) is 9.66. The topological polar surface area (TPSA) is 19.4 Å². The van der Waals surface area contributed by atoms with Crippen LogP contribution in [0.1, 0.15) is 37.6 Å². The maximum atomic E-state index is 6.13. The van der Waals surface area contributed by atoms with Crippen molar-refractivity contribution in [1.82, 2.24) is 9.88 Å². The summed E-state index contributed by atoms with van der Waals surface area (Å²) >= 11 is 6.13. The van der Waals surface area contributed by atoms with Crippen LogP contribution in [0.3, 0.4) is 0 Å². The van der Waals surface area contributed by atoms with Crippen LogP contribution in [0.2, 0.25) is 0 Å². The van der Waals surface area contributed by atoms with Gasteiger partial charge in [0.15, 0.2) is 0 Å². The first kappa shape index (κ1) is 15.6. The predicted octanol–water partition coefficient (Wildman–Crippen LogP) is 3.36. The maximum absolute atomic E-state index is 6.13. The molecule has 1 saturated heterocycles. The first-order valence-corrected chi connectivity index (χ1v) is 7.89. The molecule has 0 atom stereocenters. The minimum Gasteiger partial charge on any atom is -0.354 e. The molecule has 0 spiro atoms. The molecule has 0 unspecified atom stereocenters. The molecule has 1 aliphatic rings. The second-order valence-electron chi connectivity index (χ2n) is 6.66. The Kier molecular flexibility index (Phi) is 4.60. The van der Waals surface area contributed by atoms with Gasteiger partial charge in [0.05, 0.1) is 5.88 Å². The summed E-state index contributed by atoms with van der Waals surface area (Å²) in [5.41, 5.74) is 3.75. The Bertz CT molecular complexity index is 471. The SMILES string of the molecule is Cc1cc(C)c(CCl)c(N2CCN(C(C)(C)C)CC2)n1. The number of halogens is 1. The number of hydrogen-bond acceptors (Lipinski definition) is 3. The average Bonchev–Trinajstić information content (AvgIpc) is 2.37. The van der Waals surface area contributed by atoms with Crippen molar-refractivity contribution in [2.45, 2.75) is 46.0 Å². The van der Waals surface area contributed by atoms with Gasteiger partial charge in [-0.3, -0.25) is 4.90 Å². The van der Waals surface area contributed by atoms with Crippen LogP contribution in [-0.2, 0) is 5.88 Å². The van der Waals surface area contributed by atoms with E-state index in [-0.39, 0.29) is 5.54 Å². The van der Waals surface area contributed by atoms with E-state index >= 15 is 0 Å². The van der Waals surface area contributed by atoms with Crippen molar-refractivity contribution in [3.63, 3.8) is 0 Å². The van der Waals surface area contributed by atoms with Gasteiger partial charge >= 0.3 is 0 Å². The monoisotopic (exact) mass is 295 g/mol. The Hall–Kier alpha value is -0.800. The van der Waals surface area contributed by atoms with Crippen molar-refractivity contribution in [2.24, 2.45) is 0 Å². The van der Waals surface area contributed by atoms with Crippen LogP contribution in [0.4, 0.5) is 5.82 Å². The van der Waals surface area contributed by atoms with Crippen molar-refractivity contribution < 1.29 is 0 Å². The van der Waals surface area contributed by atoms with Crippen LogP contribution in [0.5, 0.6) is 0 Å². The van der Waals surface area contributed by atoms with E-state index in [2.05, 4.69) is 50.5 Å². The zero-order valence-corrected chi connectivity index (χ0v) is 14.1. The summed E-state index contributed by atoms with van der Waals surface area (Å²) < 4.78 is 0.